The average molecular weight is 291 g/mol. The molecule has 0 saturated carbocycles. The Morgan fingerprint density at radius 3 is 3.10 bits per heavy atom. The predicted molar refractivity (Wildman–Crippen MR) is 74.4 cm³/mol. The third kappa shape index (κ3) is 3.26. The van der Waals surface area contributed by atoms with E-state index in [2.05, 4.69) is 9.89 Å². The van der Waals surface area contributed by atoms with Crippen LogP contribution in [0.2, 0.25) is 0 Å². The second-order valence-corrected chi connectivity index (χ2v) is 5.06. The lowest BCUT2D eigenvalue weighted by atomic mass is 10.0. The fraction of sp³-hybridized carbons (Fsp3) is 0.467. The summed E-state index contributed by atoms with van der Waals surface area (Å²) in [6.45, 7) is 0.277. The van der Waals surface area contributed by atoms with Gasteiger partial charge >= 0.3 is 5.97 Å². The number of hydrogen-bond acceptors (Lipinski definition) is 6. The van der Waals surface area contributed by atoms with Gasteiger partial charge in [0.05, 0.1) is 19.2 Å². The molecule has 0 radical (unpaired) electrons. The summed E-state index contributed by atoms with van der Waals surface area (Å²) in [7, 11) is 1.39. The molecule has 0 saturated heterocycles. The van der Waals surface area contributed by atoms with Crippen molar-refractivity contribution in [1.82, 2.24) is 0 Å². The second kappa shape index (κ2) is 6.03. The Morgan fingerprint density at radius 2 is 2.24 bits per heavy atom. The van der Waals surface area contributed by atoms with Crippen molar-refractivity contribution in [2.75, 3.05) is 13.9 Å². The smallest absolute Gasteiger partial charge is 0.305 e. The minimum absolute atomic E-state index is 0.0121. The van der Waals surface area contributed by atoms with Gasteiger partial charge in [0.2, 0.25) is 6.79 Å². The molecule has 0 fully saturated rings. The highest BCUT2D eigenvalue weighted by Crippen LogP contribution is 2.33. The molecule has 0 spiro atoms. The van der Waals surface area contributed by atoms with E-state index < -0.39 is 0 Å². The van der Waals surface area contributed by atoms with Gasteiger partial charge < -0.3 is 19.0 Å². The summed E-state index contributed by atoms with van der Waals surface area (Å²) >= 11 is 0. The molecule has 0 N–H and O–H groups in total. The maximum absolute atomic E-state index is 11.1. The van der Waals surface area contributed by atoms with E-state index in [-0.39, 0.29) is 18.9 Å². The van der Waals surface area contributed by atoms with Crippen molar-refractivity contribution in [3.63, 3.8) is 0 Å². The Balaban J connectivity index is 1.50. The van der Waals surface area contributed by atoms with Gasteiger partial charge in [0.15, 0.2) is 11.5 Å². The third-order valence-electron chi connectivity index (χ3n) is 3.54. The van der Waals surface area contributed by atoms with Crippen molar-refractivity contribution >= 4 is 11.7 Å². The zero-order valence-corrected chi connectivity index (χ0v) is 11.8. The third-order valence-corrected chi connectivity index (χ3v) is 3.54. The second-order valence-electron chi connectivity index (χ2n) is 5.06. The van der Waals surface area contributed by atoms with Crippen molar-refractivity contribution in [2.45, 2.75) is 31.8 Å². The molecule has 2 heterocycles. The van der Waals surface area contributed by atoms with Gasteiger partial charge in [0.25, 0.3) is 0 Å². The first kappa shape index (κ1) is 13.7. The molecule has 112 valence electrons. The van der Waals surface area contributed by atoms with Gasteiger partial charge in [-0.15, -0.1) is 0 Å². The van der Waals surface area contributed by atoms with Crippen molar-refractivity contribution < 1.29 is 23.8 Å². The van der Waals surface area contributed by atoms with E-state index in [9.17, 15) is 4.79 Å². The van der Waals surface area contributed by atoms with Gasteiger partial charge in [-0.05, 0) is 24.1 Å². The van der Waals surface area contributed by atoms with Crippen LogP contribution in [0.4, 0.5) is 0 Å². The van der Waals surface area contributed by atoms with Gasteiger partial charge in [-0.25, -0.2) is 0 Å². The van der Waals surface area contributed by atoms with Crippen LogP contribution in [0, 0.1) is 0 Å². The number of rotatable bonds is 5. The van der Waals surface area contributed by atoms with E-state index in [0.717, 1.165) is 35.6 Å². The largest absolute Gasteiger partial charge is 0.469 e. The molecule has 2 aliphatic rings. The summed E-state index contributed by atoms with van der Waals surface area (Å²) in [5, 5.41) is 4.04. The zero-order valence-electron chi connectivity index (χ0n) is 11.8. The van der Waals surface area contributed by atoms with Crippen LogP contribution in [0.3, 0.4) is 0 Å². The highest BCUT2D eigenvalue weighted by atomic mass is 16.7. The van der Waals surface area contributed by atoms with Crippen LogP contribution in [0.25, 0.3) is 0 Å². The van der Waals surface area contributed by atoms with Crippen LogP contribution in [0.1, 0.15) is 24.8 Å². The molecular formula is C15H17NO5. The number of carbonyl (C=O) groups excluding carboxylic acids is 1. The van der Waals surface area contributed by atoms with Gasteiger partial charge in [0, 0.05) is 12.8 Å². The Labute approximate surface area is 122 Å². The van der Waals surface area contributed by atoms with Crippen molar-refractivity contribution in [2.24, 2.45) is 5.16 Å². The summed E-state index contributed by atoms with van der Waals surface area (Å²) < 4.78 is 15.3. The monoisotopic (exact) mass is 291 g/mol. The standard InChI is InChI=1S/C15H17NO5/c1-18-15(17)5-3-11-8-12(21-16-11)6-10-2-4-13-14(7-10)20-9-19-13/h2,4,7,12H,3,5-6,8-9H2,1H3. The van der Waals surface area contributed by atoms with Gasteiger partial charge in [-0.2, -0.15) is 0 Å². The maximum Gasteiger partial charge on any atom is 0.305 e. The lowest BCUT2D eigenvalue weighted by Gasteiger charge is -2.08. The van der Waals surface area contributed by atoms with Crippen molar-refractivity contribution in [3.8, 4) is 11.5 Å². The Kier molecular flexibility index (Phi) is 3.94. The summed E-state index contributed by atoms with van der Waals surface area (Å²) in [4.78, 5) is 16.5. The lowest BCUT2D eigenvalue weighted by molar-refractivity contribution is -0.140. The first-order valence-corrected chi connectivity index (χ1v) is 6.91. The molecule has 0 bridgehead atoms. The highest BCUT2D eigenvalue weighted by Gasteiger charge is 2.23. The van der Waals surface area contributed by atoms with E-state index in [1.165, 1.54) is 7.11 Å². The lowest BCUT2D eigenvalue weighted by Crippen LogP contribution is -2.12. The molecule has 21 heavy (non-hydrogen) atoms. The first-order valence-electron chi connectivity index (χ1n) is 6.91. The topological polar surface area (TPSA) is 66.4 Å². The SMILES string of the molecule is COC(=O)CCC1=NOC(Cc2ccc3c(c2)OCO3)C1. The summed E-state index contributed by atoms with van der Waals surface area (Å²) in [5.74, 6) is 1.33. The van der Waals surface area contributed by atoms with E-state index >= 15 is 0 Å². The first-order chi connectivity index (χ1) is 10.2. The number of benzene rings is 1. The van der Waals surface area contributed by atoms with Crippen molar-refractivity contribution in [1.29, 1.82) is 0 Å². The van der Waals surface area contributed by atoms with Gasteiger partial charge in [-0.3, -0.25) is 4.79 Å². The molecule has 6 nitrogen and oxygen atoms in total. The number of fused-ring (bicyclic) bond motifs is 1. The fourth-order valence-electron chi connectivity index (χ4n) is 2.42. The molecule has 0 aliphatic carbocycles. The highest BCUT2D eigenvalue weighted by molar-refractivity contribution is 5.88. The predicted octanol–water partition coefficient (Wildman–Crippen LogP) is 2.06. The molecule has 1 atom stereocenters. The van der Waals surface area contributed by atoms with Crippen LogP contribution < -0.4 is 9.47 Å². The summed E-state index contributed by atoms with van der Waals surface area (Å²) in [6, 6.07) is 5.88. The normalized spacial score (nSPS) is 19.1. The molecule has 0 amide bonds. The molecule has 1 unspecified atom stereocenters. The molecule has 1 aromatic carbocycles. The van der Waals surface area contributed by atoms with Crippen LogP contribution >= 0.6 is 0 Å². The number of nitrogens with zero attached hydrogens (tertiary/aromatic N) is 1. The maximum atomic E-state index is 11.1. The quantitative estimate of drug-likeness (QED) is 0.777. The van der Waals surface area contributed by atoms with Crippen LogP contribution in [-0.2, 0) is 20.8 Å². The Morgan fingerprint density at radius 1 is 1.38 bits per heavy atom. The minimum atomic E-state index is -0.225. The average Bonchev–Trinajstić information content (AvgIpc) is 3.13. The zero-order chi connectivity index (χ0) is 14.7. The molecular weight excluding hydrogens is 274 g/mol. The molecule has 1 aromatic rings. The number of methoxy groups -OCH3 is 1. The van der Waals surface area contributed by atoms with Crippen LogP contribution in [-0.4, -0.2) is 31.7 Å². The fourth-order valence-corrected chi connectivity index (χ4v) is 2.42. The molecule has 0 aromatic heterocycles. The van der Waals surface area contributed by atoms with Crippen LogP contribution in [0.5, 0.6) is 11.5 Å². The number of oxime groups is 1. The Hall–Kier alpha value is -2.24. The molecule has 6 heteroatoms. The Bertz CT molecular complexity index is 569. The molecule has 3 rings (SSSR count). The van der Waals surface area contributed by atoms with E-state index in [4.69, 9.17) is 14.3 Å². The van der Waals surface area contributed by atoms with Crippen molar-refractivity contribution in [3.05, 3.63) is 23.8 Å². The summed E-state index contributed by atoms with van der Waals surface area (Å²) in [5.41, 5.74) is 2.03. The molecule has 2 aliphatic heterocycles. The van der Waals surface area contributed by atoms with Crippen LogP contribution in [0.15, 0.2) is 23.4 Å². The minimum Gasteiger partial charge on any atom is -0.469 e. The number of carbonyl (C=O) groups is 1. The number of ether oxygens (including phenoxy) is 3. The van der Waals surface area contributed by atoms with E-state index in [0.29, 0.717) is 12.8 Å². The number of esters is 1. The van der Waals surface area contributed by atoms with E-state index in [1.54, 1.807) is 0 Å². The van der Waals surface area contributed by atoms with Gasteiger partial charge in [-0.1, -0.05) is 11.2 Å². The van der Waals surface area contributed by atoms with Gasteiger partial charge in [0.1, 0.15) is 6.10 Å². The summed E-state index contributed by atoms with van der Waals surface area (Å²) in [6.07, 6.45) is 2.44. The van der Waals surface area contributed by atoms with E-state index in [1.807, 2.05) is 18.2 Å². The number of hydrogen-bond donors (Lipinski definition) is 0.